The predicted octanol–water partition coefficient (Wildman–Crippen LogP) is 4.36. The van der Waals surface area contributed by atoms with Crippen LogP contribution in [0.5, 0.6) is 0 Å². The van der Waals surface area contributed by atoms with Crippen LogP contribution in [0.15, 0.2) is 47.2 Å². The van der Waals surface area contributed by atoms with E-state index in [0.717, 1.165) is 0 Å². The molecule has 144 valence electrons. The van der Waals surface area contributed by atoms with Crippen LogP contribution < -0.4 is 10.6 Å². The topological polar surface area (TPSA) is 88.9 Å². The molecule has 0 radical (unpaired) electrons. The maximum atomic E-state index is 12.5. The minimum absolute atomic E-state index is 0.162. The van der Waals surface area contributed by atoms with Crippen LogP contribution in [0.25, 0.3) is 5.82 Å². The summed E-state index contributed by atoms with van der Waals surface area (Å²) in [5.74, 6) is -0.669. The van der Waals surface area contributed by atoms with Gasteiger partial charge in [-0.15, -0.1) is 0 Å². The number of amides is 2. The van der Waals surface area contributed by atoms with Crippen LogP contribution >= 0.6 is 50.7 Å². The van der Waals surface area contributed by atoms with Crippen LogP contribution in [0.4, 0.5) is 5.69 Å². The molecule has 0 aliphatic carbocycles. The van der Waals surface area contributed by atoms with E-state index in [9.17, 15) is 9.59 Å². The number of nitrogens with zero attached hydrogens (tertiary/aromatic N) is 3. The first-order valence-electron chi connectivity index (χ1n) is 7.74. The highest BCUT2D eigenvalue weighted by Crippen LogP contribution is 2.25. The molecule has 7 nitrogen and oxygen atoms in total. The van der Waals surface area contributed by atoms with E-state index >= 15 is 0 Å². The highest BCUT2D eigenvalue weighted by molar-refractivity contribution is 9.10. The molecule has 0 bridgehead atoms. The Morgan fingerprint density at radius 2 is 1.86 bits per heavy atom. The molecule has 0 atom stereocenters. The molecule has 0 spiro atoms. The van der Waals surface area contributed by atoms with Gasteiger partial charge in [0, 0.05) is 18.0 Å². The quantitative estimate of drug-likeness (QED) is 0.542. The Labute approximate surface area is 183 Å². The van der Waals surface area contributed by atoms with Gasteiger partial charge < -0.3 is 10.6 Å². The zero-order valence-electron chi connectivity index (χ0n) is 13.9. The number of anilines is 1. The smallest absolute Gasteiger partial charge is 0.270 e. The van der Waals surface area contributed by atoms with Gasteiger partial charge in [-0.25, -0.2) is 9.67 Å². The van der Waals surface area contributed by atoms with Crippen molar-refractivity contribution in [3.05, 3.63) is 68.0 Å². The summed E-state index contributed by atoms with van der Waals surface area (Å²) in [6, 6.07) is 9.47. The summed E-state index contributed by atoms with van der Waals surface area (Å²) in [7, 11) is 0. The summed E-state index contributed by atoms with van der Waals surface area (Å²) >= 11 is 21.1. The number of carbonyl (C=O) groups excluding carboxylic acids is 2. The normalized spacial score (nSPS) is 10.6. The molecule has 2 N–H and O–H groups in total. The Bertz CT molecular complexity index is 1060. The van der Waals surface area contributed by atoms with Crippen molar-refractivity contribution in [3.63, 3.8) is 0 Å². The fourth-order valence-corrected chi connectivity index (χ4v) is 3.11. The van der Waals surface area contributed by atoms with Gasteiger partial charge in [-0.3, -0.25) is 9.59 Å². The van der Waals surface area contributed by atoms with Crippen LogP contribution in [0.3, 0.4) is 0 Å². The second-order valence-electron chi connectivity index (χ2n) is 5.43. The van der Waals surface area contributed by atoms with Gasteiger partial charge in [-0.05, 0) is 46.3 Å². The molecule has 0 aliphatic heterocycles. The second-order valence-corrected chi connectivity index (χ2v) is 7.47. The average molecular weight is 504 g/mol. The van der Waals surface area contributed by atoms with Gasteiger partial charge in [0.05, 0.1) is 21.6 Å². The van der Waals surface area contributed by atoms with Crippen molar-refractivity contribution in [3.8, 4) is 5.82 Å². The lowest BCUT2D eigenvalue weighted by molar-refractivity contribution is -0.115. The fourth-order valence-electron chi connectivity index (χ4n) is 2.24. The molecule has 0 unspecified atom stereocenters. The third-order valence-electron chi connectivity index (χ3n) is 3.46. The molecule has 2 amide bonds. The molecule has 0 saturated carbocycles. The van der Waals surface area contributed by atoms with Crippen molar-refractivity contribution in [2.75, 3.05) is 11.9 Å². The first-order chi connectivity index (χ1) is 13.3. The third-order valence-corrected chi connectivity index (χ3v) is 4.89. The molecule has 0 aliphatic rings. The lowest BCUT2D eigenvalue weighted by atomic mass is 10.3. The molecular formula is C17H11BrCl3N5O2. The minimum atomic E-state index is -0.524. The lowest BCUT2D eigenvalue weighted by Gasteiger charge is -2.09. The number of carbonyl (C=O) groups is 2. The Hall–Kier alpha value is -2.13. The van der Waals surface area contributed by atoms with E-state index in [1.54, 1.807) is 24.3 Å². The number of hydrogen-bond acceptors (Lipinski definition) is 4. The lowest BCUT2D eigenvalue weighted by Crippen LogP contribution is -2.34. The summed E-state index contributed by atoms with van der Waals surface area (Å²) in [6.07, 6.45) is 1.53. The largest absolute Gasteiger partial charge is 0.342 e. The summed E-state index contributed by atoms with van der Waals surface area (Å²) in [6.45, 7) is -0.266. The number of halogens is 4. The van der Waals surface area contributed by atoms with Crippen molar-refractivity contribution in [2.24, 2.45) is 0 Å². The number of hydrogen-bond donors (Lipinski definition) is 2. The SMILES string of the molecule is O=C(CNC(=O)c1cc(Br)nn1-c1ncccc1Cl)Nc1ccc(Cl)c(Cl)c1. The zero-order chi connectivity index (χ0) is 20.3. The molecule has 0 saturated heterocycles. The Morgan fingerprint density at radius 1 is 1.07 bits per heavy atom. The second kappa shape index (κ2) is 8.91. The Kier molecular flexibility index (Phi) is 6.56. The standard InChI is InChI=1S/C17H11BrCl3N5O2/c18-14-7-13(26(25-14)16-11(20)2-1-5-22-16)17(28)23-8-15(27)24-9-3-4-10(19)12(21)6-9/h1-7H,8H2,(H,23,28)(H,24,27). The van der Waals surface area contributed by atoms with Crippen molar-refractivity contribution in [1.29, 1.82) is 0 Å². The van der Waals surface area contributed by atoms with Gasteiger partial charge in [0.2, 0.25) is 5.91 Å². The first kappa shape index (κ1) is 20.6. The highest BCUT2D eigenvalue weighted by atomic mass is 79.9. The molecule has 3 aromatic rings. The fraction of sp³-hybridized carbons (Fsp3) is 0.0588. The molecule has 1 aromatic carbocycles. The van der Waals surface area contributed by atoms with E-state index in [-0.39, 0.29) is 12.2 Å². The molecular weight excluding hydrogens is 492 g/mol. The van der Waals surface area contributed by atoms with Crippen molar-refractivity contribution in [1.82, 2.24) is 20.1 Å². The number of aromatic nitrogens is 3. The number of rotatable bonds is 5. The van der Waals surface area contributed by atoms with Crippen LogP contribution in [-0.4, -0.2) is 33.1 Å². The van der Waals surface area contributed by atoms with Gasteiger partial charge in [-0.2, -0.15) is 5.10 Å². The number of pyridine rings is 1. The predicted molar refractivity (Wildman–Crippen MR) is 111 cm³/mol. The van der Waals surface area contributed by atoms with E-state index in [0.29, 0.717) is 31.2 Å². The number of nitrogens with one attached hydrogen (secondary N) is 2. The minimum Gasteiger partial charge on any atom is -0.342 e. The van der Waals surface area contributed by atoms with Crippen molar-refractivity contribution < 1.29 is 9.59 Å². The van der Waals surface area contributed by atoms with Crippen LogP contribution in [-0.2, 0) is 4.79 Å². The number of benzene rings is 1. The molecule has 2 heterocycles. The third kappa shape index (κ3) is 4.82. The van der Waals surface area contributed by atoms with E-state index < -0.39 is 11.8 Å². The van der Waals surface area contributed by atoms with Crippen molar-refractivity contribution in [2.45, 2.75) is 0 Å². The van der Waals surface area contributed by atoms with Crippen LogP contribution in [0.2, 0.25) is 15.1 Å². The molecule has 11 heteroatoms. The first-order valence-corrected chi connectivity index (χ1v) is 9.67. The summed E-state index contributed by atoms with van der Waals surface area (Å²) < 4.78 is 1.71. The highest BCUT2D eigenvalue weighted by Gasteiger charge is 2.19. The summed E-state index contributed by atoms with van der Waals surface area (Å²) in [5.41, 5.74) is 0.622. The summed E-state index contributed by atoms with van der Waals surface area (Å²) in [5, 5.41) is 10.3. The van der Waals surface area contributed by atoms with Crippen LogP contribution in [0.1, 0.15) is 10.5 Å². The Morgan fingerprint density at radius 3 is 2.57 bits per heavy atom. The maximum Gasteiger partial charge on any atom is 0.270 e. The molecule has 28 heavy (non-hydrogen) atoms. The monoisotopic (exact) mass is 501 g/mol. The van der Waals surface area contributed by atoms with E-state index in [1.807, 2.05) is 0 Å². The van der Waals surface area contributed by atoms with E-state index in [2.05, 4.69) is 36.6 Å². The van der Waals surface area contributed by atoms with Crippen molar-refractivity contribution >= 4 is 68.2 Å². The summed E-state index contributed by atoms with van der Waals surface area (Å²) in [4.78, 5) is 28.8. The van der Waals surface area contributed by atoms with Gasteiger partial charge in [0.1, 0.15) is 10.3 Å². The maximum absolute atomic E-state index is 12.5. The Balaban J connectivity index is 1.69. The van der Waals surface area contributed by atoms with Crippen LogP contribution in [0, 0.1) is 0 Å². The van der Waals surface area contributed by atoms with Gasteiger partial charge >= 0.3 is 0 Å². The molecule has 3 rings (SSSR count). The molecule has 0 fully saturated rings. The zero-order valence-corrected chi connectivity index (χ0v) is 17.8. The average Bonchev–Trinajstić information content (AvgIpc) is 3.05. The van der Waals surface area contributed by atoms with Gasteiger partial charge in [0.25, 0.3) is 5.91 Å². The van der Waals surface area contributed by atoms with E-state index in [4.69, 9.17) is 34.8 Å². The van der Waals surface area contributed by atoms with Gasteiger partial charge in [-0.1, -0.05) is 34.8 Å². The molecule has 2 aromatic heterocycles. The van der Waals surface area contributed by atoms with E-state index in [1.165, 1.54) is 23.0 Å². The van der Waals surface area contributed by atoms with Gasteiger partial charge in [0.15, 0.2) is 5.82 Å².